The molecule has 0 bridgehead atoms. The van der Waals surface area contributed by atoms with Crippen molar-refractivity contribution in [3.63, 3.8) is 0 Å². The molecule has 0 radical (unpaired) electrons. The summed E-state index contributed by atoms with van der Waals surface area (Å²) >= 11 is 6.91. The summed E-state index contributed by atoms with van der Waals surface area (Å²) in [5.41, 5.74) is -0.176. The molecule has 2 aliphatic rings. The normalized spacial score (nSPS) is 20.5. The van der Waals surface area contributed by atoms with E-state index in [1.807, 2.05) is 0 Å². The van der Waals surface area contributed by atoms with Gasteiger partial charge in [-0.1, -0.05) is 12.1 Å². The van der Waals surface area contributed by atoms with E-state index in [1.54, 1.807) is 52.1 Å². The van der Waals surface area contributed by atoms with Crippen LogP contribution in [-0.4, -0.2) is 57.8 Å². The molecule has 1 unspecified atom stereocenters. The molecule has 10 heteroatoms. The minimum atomic E-state index is -0.815. The molecule has 3 rings (SSSR count). The first-order valence-corrected chi connectivity index (χ1v) is 11.0. The lowest BCUT2D eigenvalue weighted by molar-refractivity contribution is -0.159. The number of fused-ring (bicyclic) bond motifs is 1. The smallest absolute Gasteiger partial charge is 0.356 e. The van der Waals surface area contributed by atoms with Crippen molar-refractivity contribution in [1.82, 2.24) is 10.2 Å². The SMILES string of the molecule is COc1ccc(CC(=O)NC2C(=O)N3C(C(=O)OC(C)(C)C)=C(C(=O)Cl)CS[C@H]23)cc1. The van der Waals surface area contributed by atoms with Gasteiger partial charge in [-0.3, -0.25) is 19.3 Å². The van der Waals surface area contributed by atoms with Crippen molar-refractivity contribution in [2.75, 3.05) is 12.9 Å². The molecule has 0 aliphatic carbocycles. The molecule has 1 fully saturated rings. The third-order valence-electron chi connectivity index (χ3n) is 4.64. The van der Waals surface area contributed by atoms with Gasteiger partial charge in [-0.2, -0.15) is 0 Å². The fourth-order valence-corrected chi connectivity index (χ4v) is 4.81. The maximum atomic E-state index is 12.8. The number of β-lactam (4-membered cyclic amide) rings is 1. The third-order valence-corrected chi connectivity index (χ3v) is 6.15. The Balaban J connectivity index is 1.72. The molecule has 2 atom stereocenters. The topological polar surface area (TPSA) is 102 Å². The number of carbonyl (C=O) groups is 4. The van der Waals surface area contributed by atoms with Crippen LogP contribution < -0.4 is 10.1 Å². The zero-order chi connectivity index (χ0) is 22.9. The number of esters is 1. The fraction of sp³-hybridized carbons (Fsp3) is 0.429. The summed E-state index contributed by atoms with van der Waals surface area (Å²) < 4.78 is 10.5. The molecule has 2 aliphatic heterocycles. The molecule has 31 heavy (non-hydrogen) atoms. The molecule has 8 nitrogen and oxygen atoms in total. The Labute approximate surface area is 189 Å². The minimum absolute atomic E-state index is 0.0218. The van der Waals surface area contributed by atoms with Gasteiger partial charge >= 0.3 is 5.97 Å². The summed E-state index contributed by atoms with van der Waals surface area (Å²) in [6.07, 6.45) is 0.0886. The van der Waals surface area contributed by atoms with Crippen molar-refractivity contribution in [2.45, 2.75) is 44.2 Å². The number of hydrogen-bond donors (Lipinski definition) is 1. The molecular formula is C21H23ClN2O6S. The van der Waals surface area contributed by atoms with Crippen molar-refractivity contribution < 1.29 is 28.7 Å². The first-order valence-electron chi connectivity index (χ1n) is 9.55. The molecule has 1 aromatic rings. The van der Waals surface area contributed by atoms with Crippen molar-refractivity contribution in [1.29, 1.82) is 0 Å². The van der Waals surface area contributed by atoms with Crippen LogP contribution in [0.25, 0.3) is 0 Å². The highest BCUT2D eigenvalue weighted by Crippen LogP contribution is 2.41. The first kappa shape index (κ1) is 23.1. The van der Waals surface area contributed by atoms with Crippen LogP contribution in [0.2, 0.25) is 0 Å². The Bertz CT molecular complexity index is 954. The molecular weight excluding hydrogens is 444 g/mol. The Morgan fingerprint density at radius 2 is 1.87 bits per heavy atom. The predicted molar refractivity (Wildman–Crippen MR) is 115 cm³/mol. The quantitative estimate of drug-likeness (QED) is 0.388. The van der Waals surface area contributed by atoms with E-state index in [2.05, 4.69) is 5.32 Å². The van der Waals surface area contributed by atoms with E-state index in [0.717, 1.165) is 5.56 Å². The largest absolute Gasteiger partial charge is 0.497 e. The van der Waals surface area contributed by atoms with Crippen LogP contribution in [0.15, 0.2) is 35.5 Å². The fourth-order valence-electron chi connectivity index (χ4n) is 3.24. The first-order chi connectivity index (χ1) is 14.5. The number of methoxy groups -OCH3 is 1. The lowest BCUT2D eigenvalue weighted by Crippen LogP contribution is -2.71. The van der Waals surface area contributed by atoms with Gasteiger partial charge in [-0.25, -0.2) is 4.79 Å². The van der Waals surface area contributed by atoms with Gasteiger partial charge in [0.1, 0.15) is 28.5 Å². The predicted octanol–water partition coefficient (Wildman–Crippen LogP) is 2.00. The van der Waals surface area contributed by atoms with Gasteiger partial charge in [-0.15, -0.1) is 11.8 Å². The van der Waals surface area contributed by atoms with E-state index < -0.39 is 34.1 Å². The molecule has 0 saturated carbocycles. The Hall–Kier alpha value is -2.52. The van der Waals surface area contributed by atoms with Gasteiger partial charge in [0.05, 0.1) is 19.1 Å². The van der Waals surface area contributed by atoms with Gasteiger partial charge in [0.25, 0.3) is 11.1 Å². The van der Waals surface area contributed by atoms with Crippen molar-refractivity contribution >= 4 is 46.4 Å². The summed E-state index contributed by atoms with van der Waals surface area (Å²) in [6, 6.07) is 6.23. The van der Waals surface area contributed by atoms with Crippen molar-refractivity contribution in [3.8, 4) is 5.75 Å². The number of halogens is 1. The van der Waals surface area contributed by atoms with Gasteiger partial charge < -0.3 is 14.8 Å². The summed E-state index contributed by atoms with van der Waals surface area (Å²) in [5, 5.41) is 1.39. The number of nitrogens with one attached hydrogen (secondary N) is 1. The van der Waals surface area contributed by atoms with E-state index in [9.17, 15) is 19.2 Å². The second-order valence-electron chi connectivity index (χ2n) is 8.08. The molecule has 1 saturated heterocycles. The number of carbonyl (C=O) groups excluding carboxylic acids is 4. The van der Waals surface area contributed by atoms with E-state index in [1.165, 1.54) is 16.7 Å². The van der Waals surface area contributed by atoms with Gasteiger partial charge in [0, 0.05) is 5.75 Å². The zero-order valence-electron chi connectivity index (χ0n) is 17.6. The Morgan fingerprint density at radius 1 is 1.23 bits per heavy atom. The third kappa shape index (κ3) is 5.04. The van der Waals surface area contributed by atoms with Crippen LogP contribution in [-0.2, 0) is 30.3 Å². The van der Waals surface area contributed by atoms with E-state index >= 15 is 0 Å². The molecule has 0 spiro atoms. The second-order valence-corrected chi connectivity index (χ2v) is 9.53. The van der Waals surface area contributed by atoms with Crippen molar-refractivity contribution in [3.05, 3.63) is 41.1 Å². The average molecular weight is 467 g/mol. The standard InChI is InChI=1S/C21H23ClN2O6S/c1-21(2,3)30-20(28)16-13(17(22)26)10-31-19-15(18(27)24(16)19)23-14(25)9-11-5-7-12(29-4)8-6-11/h5-8,15,19H,9-10H2,1-4H3,(H,23,25)/t15?,19-/m1/s1. The van der Waals surface area contributed by atoms with Crippen LogP contribution in [0.4, 0.5) is 0 Å². The molecule has 0 aromatic heterocycles. The van der Waals surface area contributed by atoms with E-state index in [4.69, 9.17) is 21.1 Å². The Kier molecular flexibility index (Phi) is 6.66. The van der Waals surface area contributed by atoms with Crippen LogP contribution in [0.5, 0.6) is 5.75 Å². The number of hydrogen-bond acceptors (Lipinski definition) is 7. The highest BCUT2D eigenvalue weighted by molar-refractivity contribution is 8.00. The maximum Gasteiger partial charge on any atom is 0.356 e. The monoisotopic (exact) mass is 466 g/mol. The summed E-state index contributed by atoms with van der Waals surface area (Å²) in [5.74, 6) is -0.796. The van der Waals surface area contributed by atoms with Crippen LogP contribution in [0, 0.1) is 0 Å². The average Bonchev–Trinajstić information content (AvgIpc) is 2.70. The molecule has 1 aromatic carbocycles. The number of ether oxygens (including phenoxy) is 2. The number of rotatable bonds is 6. The number of benzene rings is 1. The second kappa shape index (κ2) is 8.92. The van der Waals surface area contributed by atoms with Crippen LogP contribution in [0.1, 0.15) is 26.3 Å². The lowest BCUT2D eigenvalue weighted by Gasteiger charge is -2.49. The zero-order valence-corrected chi connectivity index (χ0v) is 19.1. The van der Waals surface area contributed by atoms with Crippen molar-refractivity contribution in [2.24, 2.45) is 0 Å². The number of thioether (sulfide) groups is 1. The highest BCUT2D eigenvalue weighted by atomic mass is 35.5. The highest BCUT2D eigenvalue weighted by Gasteiger charge is 2.55. The lowest BCUT2D eigenvalue weighted by atomic mass is 10.0. The van der Waals surface area contributed by atoms with Gasteiger partial charge in [0.2, 0.25) is 5.91 Å². The Morgan fingerprint density at radius 3 is 2.42 bits per heavy atom. The molecule has 166 valence electrons. The van der Waals surface area contributed by atoms with E-state index in [0.29, 0.717) is 5.75 Å². The summed E-state index contributed by atoms with van der Waals surface area (Å²) in [6.45, 7) is 5.05. The maximum absolute atomic E-state index is 12.8. The van der Waals surface area contributed by atoms with Crippen LogP contribution in [0.3, 0.4) is 0 Å². The van der Waals surface area contributed by atoms with Crippen LogP contribution >= 0.6 is 23.4 Å². The van der Waals surface area contributed by atoms with E-state index in [-0.39, 0.29) is 29.4 Å². The summed E-state index contributed by atoms with van der Waals surface area (Å²) in [7, 11) is 1.56. The molecule has 2 heterocycles. The summed E-state index contributed by atoms with van der Waals surface area (Å²) in [4.78, 5) is 51.0. The number of nitrogens with zero attached hydrogens (tertiary/aromatic N) is 1. The van der Waals surface area contributed by atoms with Gasteiger partial charge in [0.15, 0.2) is 0 Å². The van der Waals surface area contributed by atoms with Gasteiger partial charge in [-0.05, 0) is 50.1 Å². The number of amides is 2. The molecule has 1 N–H and O–H groups in total. The minimum Gasteiger partial charge on any atom is -0.497 e. The molecule has 2 amide bonds.